The molecule has 6 nitrogen and oxygen atoms in total. The Bertz CT molecular complexity index is 1290. The van der Waals surface area contributed by atoms with Crippen molar-refractivity contribution in [3.8, 4) is 23.0 Å². The third-order valence-corrected chi connectivity index (χ3v) is 5.46. The number of hydrogen-bond donors (Lipinski definition) is 0. The number of hydrogen-bond acceptors (Lipinski definition) is 6. The van der Waals surface area contributed by atoms with Gasteiger partial charge in [0.15, 0.2) is 17.3 Å². The van der Waals surface area contributed by atoms with Crippen LogP contribution in [-0.2, 0) is 0 Å². The van der Waals surface area contributed by atoms with Crippen molar-refractivity contribution in [3.63, 3.8) is 0 Å². The molecule has 0 N–H and O–H groups in total. The zero-order valence-corrected chi connectivity index (χ0v) is 18.7. The van der Waals surface area contributed by atoms with Gasteiger partial charge in [0.2, 0.25) is 5.78 Å². The summed E-state index contributed by atoms with van der Waals surface area (Å²) >= 11 is 6.05. The van der Waals surface area contributed by atoms with Gasteiger partial charge in [-0.1, -0.05) is 17.7 Å². The Balaban J connectivity index is 1.62. The van der Waals surface area contributed by atoms with Crippen molar-refractivity contribution in [2.45, 2.75) is 6.92 Å². The average molecular weight is 469 g/mol. The summed E-state index contributed by atoms with van der Waals surface area (Å²) in [5.74, 6) is -0.408. The first-order valence-corrected chi connectivity index (χ1v) is 10.2. The van der Waals surface area contributed by atoms with Gasteiger partial charge in [-0.2, -0.15) is 0 Å². The molecule has 0 amide bonds. The summed E-state index contributed by atoms with van der Waals surface area (Å²) in [7, 11) is 2.96. The van der Waals surface area contributed by atoms with Crippen molar-refractivity contribution in [1.29, 1.82) is 0 Å². The fourth-order valence-corrected chi connectivity index (χ4v) is 3.60. The van der Waals surface area contributed by atoms with Crippen molar-refractivity contribution in [1.82, 2.24) is 0 Å². The highest BCUT2D eigenvalue weighted by Gasteiger charge is 2.31. The molecule has 0 bridgehead atoms. The van der Waals surface area contributed by atoms with E-state index in [0.717, 1.165) is 0 Å². The predicted molar refractivity (Wildman–Crippen MR) is 120 cm³/mol. The number of carbonyl (C=O) groups excluding carboxylic acids is 2. The lowest BCUT2D eigenvalue weighted by Gasteiger charge is -2.12. The summed E-state index contributed by atoms with van der Waals surface area (Å²) in [5, 5.41) is 0.149. The SMILES string of the molecule is COc1ccc(C(=O)Oc2ccc3c(c2C)O/C(=C\c2c(F)cccc2Cl)C3=O)cc1OC. The van der Waals surface area contributed by atoms with Gasteiger partial charge in [-0.25, -0.2) is 9.18 Å². The molecular formula is C25H18ClFO6. The minimum atomic E-state index is -0.628. The van der Waals surface area contributed by atoms with Gasteiger partial charge in [-0.05, 0) is 55.5 Å². The van der Waals surface area contributed by atoms with Crippen molar-refractivity contribution in [2.24, 2.45) is 0 Å². The Labute approximate surface area is 194 Å². The van der Waals surface area contributed by atoms with Gasteiger partial charge in [-0.15, -0.1) is 0 Å². The second-order valence-corrected chi connectivity index (χ2v) is 7.51. The molecule has 0 aliphatic carbocycles. The normalized spacial score (nSPS) is 13.5. The van der Waals surface area contributed by atoms with E-state index in [4.69, 9.17) is 30.5 Å². The number of ketones is 1. The summed E-state index contributed by atoms with van der Waals surface area (Å²) in [4.78, 5) is 25.5. The first-order chi connectivity index (χ1) is 15.8. The number of ether oxygens (including phenoxy) is 4. The van der Waals surface area contributed by atoms with Gasteiger partial charge in [0.1, 0.15) is 17.3 Å². The molecule has 3 aromatic carbocycles. The molecule has 0 spiro atoms. The molecule has 0 unspecified atom stereocenters. The van der Waals surface area contributed by atoms with Gasteiger partial charge in [-0.3, -0.25) is 4.79 Å². The fourth-order valence-electron chi connectivity index (χ4n) is 3.38. The maximum absolute atomic E-state index is 14.1. The monoisotopic (exact) mass is 468 g/mol. The third-order valence-electron chi connectivity index (χ3n) is 5.13. The Morgan fingerprint density at radius 1 is 1.03 bits per heavy atom. The first-order valence-electron chi connectivity index (χ1n) is 9.80. The molecule has 33 heavy (non-hydrogen) atoms. The zero-order valence-electron chi connectivity index (χ0n) is 17.9. The van der Waals surface area contributed by atoms with Crippen LogP contribution in [0.4, 0.5) is 4.39 Å². The van der Waals surface area contributed by atoms with Crippen LogP contribution in [0.1, 0.15) is 31.8 Å². The lowest BCUT2D eigenvalue weighted by Crippen LogP contribution is -2.10. The largest absolute Gasteiger partial charge is 0.493 e. The number of benzene rings is 3. The molecule has 1 aliphatic heterocycles. The second kappa shape index (κ2) is 8.96. The fraction of sp³-hybridized carbons (Fsp3) is 0.120. The molecule has 0 saturated heterocycles. The molecular weight excluding hydrogens is 451 g/mol. The standard InChI is InChI=1S/C25H18ClFO6/c1-13-19(33-25(29)14-7-9-20(30-2)21(11-14)31-3)10-8-15-23(28)22(32-24(13)15)12-16-17(26)5-4-6-18(16)27/h4-12H,1-3H3/b22-12-. The maximum atomic E-state index is 14.1. The molecule has 3 aromatic rings. The van der Waals surface area contributed by atoms with Crippen molar-refractivity contribution in [2.75, 3.05) is 14.2 Å². The van der Waals surface area contributed by atoms with Crippen molar-refractivity contribution >= 4 is 29.4 Å². The van der Waals surface area contributed by atoms with Crippen LogP contribution >= 0.6 is 11.6 Å². The topological polar surface area (TPSA) is 71.1 Å². The number of esters is 1. The molecule has 0 fully saturated rings. The van der Waals surface area contributed by atoms with Crippen LogP contribution in [0.25, 0.3) is 6.08 Å². The third kappa shape index (κ3) is 4.15. The number of Topliss-reactive ketones (excluding diaryl/α,β-unsaturated/α-hetero) is 1. The summed E-state index contributed by atoms with van der Waals surface area (Å²) in [6.45, 7) is 1.66. The molecule has 0 atom stereocenters. The summed E-state index contributed by atoms with van der Waals surface area (Å²) in [6, 6.07) is 11.9. The van der Waals surface area contributed by atoms with Crippen LogP contribution in [0, 0.1) is 12.7 Å². The summed E-state index contributed by atoms with van der Waals surface area (Å²) in [5.41, 5.74) is 1.02. The number of allylic oxidation sites excluding steroid dienone is 1. The Hall–Kier alpha value is -3.84. The summed E-state index contributed by atoms with van der Waals surface area (Å²) < 4.78 is 35.8. The van der Waals surface area contributed by atoms with Crippen molar-refractivity contribution in [3.05, 3.63) is 87.4 Å². The minimum absolute atomic E-state index is 0.0491. The van der Waals surface area contributed by atoms with Crippen LogP contribution in [0.2, 0.25) is 5.02 Å². The van der Waals surface area contributed by atoms with Crippen molar-refractivity contribution < 1.29 is 32.9 Å². The van der Waals surface area contributed by atoms with E-state index in [-0.39, 0.29) is 39.0 Å². The van der Waals surface area contributed by atoms with E-state index < -0.39 is 17.6 Å². The van der Waals surface area contributed by atoms with E-state index in [1.165, 1.54) is 56.7 Å². The molecule has 168 valence electrons. The Kier molecular flexibility index (Phi) is 6.07. The molecule has 1 aliphatic rings. The van der Waals surface area contributed by atoms with E-state index >= 15 is 0 Å². The number of halogens is 2. The van der Waals surface area contributed by atoms with E-state index in [2.05, 4.69) is 0 Å². The summed E-state index contributed by atoms with van der Waals surface area (Å²) in [6.07, 6.45) is 1.26. The van der Waals surface area contributed by atoms with E-state index in [1.54, 1.807) is 19.1 Å². The molecule has 8 heteroatoms. The molecule has 4 rings (SSSR count). The van der Waals surface area contributed by atoms with Gasteiger partial charge in [0.05, 0.1) is 30.4 Å². The molecule has 0 aromatic heterocycles. The van der Waals surface area contributed by atoms with Gasteiger partial charge in [0.25, 0.3) is 0 Å². The lowest BCUT2D eigenvalue weighted by molar-refractivity contribution is 0.0732. The number of carbonyl (C=O) groups is 2. The highest BCUT2D eigenvalue weighted by molar-refractivity contribution is 6.32. The smallest absolute Gasteiger partial charge is 0.343 e. The first kappa shape index (κ1) is 22.4. The zero-order chi connectivity index (χ0) is 23.7. The van der Waals surface area contributed by atoms with E-state index in [0.29, 0.717) is 17.1 Å². The lowest BCUT2D eigenvalue weighted by atomic mass is 10.1. The quantitative estimate of drug-likeness (QED) is 0.274. The number of rotatable bonds is 5. The predicted octanol–water partition coefficient (Wildman–Crippen LogP) is 5.64. The van der Waals surface area contributed by atoms with Gasteiger partial charge < -0.3 is 18.9 Å². The van der Waals surface area contributed by atoms with Crippen LogP contribution in [0.5, 0.6) is 23.0 Å². The number of fused-ring (bicyclic) bond motifs is 1. The molecule has 1 heterocycles. The molecule has 0 saturated carbocycles. The highest BCUT2D eigenvalue weighted by atomic mass is 35.5. The van der Waals surface area contributed by atoms with E-state index in [1.807, 2.05) is 0 Å². The highest BCUT2D eigenvalue weighted by Crippen LogP contribution is 2.40. The Morgan fingerprint density at radius 3 is 2.45 bits per heavy atom. The minimum Gasteiger partial charge on any atom is -0.493 e. The van der Waals surface area contributed by atoms with Crippen LogP contribution < -0.4 is 18.9 Å². The average Bonchev–Trinajstić information content (AvgIpc) is 3.13. The van der Waals surface area contributed by atoms with Crippen LogP contribution in [0.3, 0.4) is 0 Å². The number of methoxy groups -OCH3 is 2. The van der Waals surface area contributed by atoms with Crippen LogP contribution in [-0.4, -0.2) is 26.0 Å². The van der Waals surface area contributed by atoms with Gasteiger partial charge >= 0.3 is 5.97 Å². The molecule has 0 radical (unpaired) electrons. The van der Waals surface area contributed by atoms with Crippen LogP contribution in [0.15, 0.2) is 54.3 Å². The van der Waals surface area contributed by atoms with Gasteiger partial charge in [0, 0.05) is 11.1 Å². The van der Waals surface area contributed by atoms with E-state index in [9.17, 15) is 14.0 Å². The second-order valence-electron chi connectivity index (χ2n) is 7.10. The Morgan fingerprint density at radius 2 is 1.76 bits per heavy atom. The maximum Gasteiger partial charge on any atom is 0.343 e.